The third kappa shape index (κ3) is 6.39. The molecular weight excluding hydrogens is 230 g/mol. The van der Waals surface area contributed by atoms with Gasteiger partial charge in [-0.2, -0.15) is 17.9 Å². The highest BCUT2D eigenvalue weighted by Gasteiger charge is 2.26. The minimum atomic E-state index is -3.48. The molecule has 0 radical (unpaired) electrons. The van der Waals surface area contributed by atoms with Crippen LogP contribution in [0.3, 0.4) is 0 Å². The van der Waals surface area contributed by atoms with Gasteiger partial charge in [0.05, 0.1) is 6.61 Å². The van der Waals surface area contributed by atoms with Gasteiger partial charge in [0.25, 0.3) is 10.2 Å². The van der Waals surface area contributed by atoms with Crippen molar-refractivity contribution in [2.75, 3.05) is 26.8 Å². The minimum absolute atomic E-state index is 0.258. The highest BCUT2D eigenvalue weighted by molar-refractivity contribution is 7.87. The molecule has 98 valence electrons. The van der Waals surface area contributed by atoms with Gasteiger partial charge < -0.3 is 10.5 Å². The molecule has 0 fully saturated rings. The van der Waals surface area contributed by atoms with Gasteiger partial charge in [-0.3, -0.25) is 0 Å². The van der Waals surface area contributed by atoms with Crippen LogP contribution in [-0.4, -0.2) is 40.8 Å². The molecule has 1 atom stereocenters. The second-order valence-corrected chi connectivity index (χ2v) is 5.45. The zero-order valence-corrected chi connectivity index (χ0v) is 11.1. The Hall–Kier alpha value is -0.210. The van der Waals surface area contributed by atoms with Gasteiger partial charge in [-0.05, 0) is 26.3 Å². The summed E-state index contributed by atoms with van der Waals surface area (Å²) in [6.45, 7) is 4.82. The van der Waals surface area contributed by atoms with E-state index in [-0.39, 0.29) is 6.54 Å². The van der Waals surface area contributed by atoms with Gasteiger partial charge in [0, 0.05) is 19.2 Å². The van der Waals surface area contributed by atoms with Gasteiger partial charge in [-0.15, -0.1) is 0 Å². The van der Waals surface area contributed by atoms with Crippen LogP contribution in [-0.2, 0) is 14.9 Å². The molecule has 0 spiro atoms. The fourth-order valence-corrected chi connectivity index (χ4v) is 2.58. The van der Waals surface area contributed by atoms with Crippen LogP contribution in [0.4, 0.5) is 0 Å². The number of rotatable bonds is 9. The maximum atomic E-state index is 11.6. The smallest absolute Gasteiger partial charge is 0.277 e. The van der Waals surface area contributed by atoms with Gasteiger partial charge in [0.2, 0.25) is 0 Å². The maximum absolute atomic E-state index is 11.6. The summed E-state index contributed by atoms with van der Waals surface area (Å²) in [6.07, 6.45) is 1.30. The Morgan fingerprint density at radius 3 is 2.50 bits per heavy atom. The first-order valence-corrected chi connectivity index (χ1v) is 6.85. The first-order valence-electron chi connectivity index (χ1n) is 5.36. The standard InChI is InChI=1S/C9H23N3O3S/c1-4-9(2,5-6-10)12-16(13,14)11-7-8-15-3/h11-12H,4-8,10H2,1-3H3. The summed E-state index contributed by atoms with van der Waals surface area (Å²) >= 11 is 0. The molecule has 0 amide bonds. The van der Waals surface area contributed by atoms with Gasteiger partial charge >= 0.3 is 0 Å². The van der Waals surface area contributed by atoms with Crippen LogP contribution in [0, 0.1) is 0 Å². The topological polar surface area (TPSA) is 93.5 Å². The van der Waals surface area contributed by atoms with E-state index in [2.05, 4.69) is 9.44 Å². The Balaban J connectivity index is 4.31. The Labute approximate surface area is 98.1 Å². The summed E-state index contributed by atoms with van der Waals surface area (Å²) in [6, 6.07) is 0. The van der Waals surface area contributed by atoms with Crippen molar-refractivity contribution in [3.05, 3.63) is 0 Å². The fraction of sp³-hybridized carbons (Fsp3) is 1.00. The van der Waals surface area contributed by atoms with Crippen molar-refractivity contribution in [2.24, 2.45) is 5.73 Å². The number of ether oxygens (including phenoxy) is 1. The predicted molar refractivity (Wildman–Crippen MR) is 64.3 cm³/mol. The second-order valence-electron chi connectivity index (χ2n) is 3.95. The van der Waals surface area contributed by atoms with Crippen molar-refractivity contribution < 1.29 is 13.2 Å². The number of nitrogens with one attached hydrogen (secondary N) is 2. The lowest BCUT2D eigenvalue weighted by molar-refractivity contribution is 0.204. The second kappa shape index (κ2) is 7.18. The van der Waals surface area contributed by atoms with E-state index in [1.54, 1.807) is 0 Å². The molecule has 0 rings (SSSR count). The van der Waals surface area contributed by atoms with Crippen LogP contribution in [0.5, 0.6) is 0 Å². The summed E-state index contributed by atoms with van der Waals surface area (Å²) in [5.74, 6) is 0. The van der Waals surface area contributed by atoms with E-state index in [0.29, 0.717) is 26.0 Å². The number of methoxy groups -OCH3 is 1. The molecule has 0 aromatic heterocycles. The van der Waals surface area contributed by atoms with Crippen molar-refractivity contribution in [3.8, 4) is 0 Å². The van der Waals surface area contributed by atoms with E-state index in [1.165, 1.54) is 7.11 Å². The predicted octanol–water partition coefficient (Wildman–Crippen LogP) is -0.426. The van der Waals surface area contributed by atoms with E-state index < -0.39 is 15.7 Å². The van der Waals surface area contributed by atoms with Crippen LogP contribution in [0.25, 0.3) is 0 Å². The molecule has 6 nitrogen and oxygen atoms in total. The molecule has 0 aromatic carbocycles. The number of hydrogen-bond acceptors (Lipinski definition) is 4. The lowest BCUT2D eigenvalue weighted by Crippen LogP contribution is -2.51. The number of nitrogens with two attached hydrogens (primary N) is 1. The SMILES string of the molecule is CCC(C)(CCN)NS(=O)(=O)NCCOC. The quantitative estimate of drug-likeness (QED) is 0.486. The van der Waals surface area contributed by atoms with E-state index in [9.17, 15) is 8.42 Å². The Kier molecular flexibility index (Phi) is 7.09. The molecule has 1 unspecified atom stereocenters. The molecule has 0 aromatic rings. The third-order valence-corrected chi connectivity index (χ3v) is 3.80. The maximum Gasteiger partial charge on any atom is 0.277 e. The summed E-state index contributed by atoms with van der Waals surface area (Å²) in [4.78, 5) is 0. The molecule has 0 bridgehead atoms. The van der Waals surface area contributed by atoms with Crippen LogP contribution >= 0.6 is 0 Å². The van der Waals surface area contributed by atoms with E-state index in [1.807, 2.05) is 13.8 Å². The van der Waals surface area contributed by atoms with Crippen molar-refractivity contribution in [1.29, 1.82) is 0 Å². The first kappa shape index (κ1) is 15.8. The van der Waals surface area contributed by atoms with E-state index in [4.69, 9.17) is 10.5 Å². The van der Waals surface area contributed by atoms with Crippen LogP contribution < -0.4 is 15.2 Å². The van der Waals surface area contributed by atoms with Crippen LogP contribution in [0.1, 0.15) is 26.7 Å². The lowest BCUT2D eigenvalue weighted by Gasteiger charge is -2.28. The van der Waals surface area contributed by atoms with Crippen LogP contribution in [0.2, 0.25) is 0 Å². The average molecular weight is 253 g/mol. The molecule has 4 N–H and O–H groups in total. The molecule has 0 aliphatic heterocycles. The monoisotopic (exact) mass is 253 g/mol. The molecule has 16 heavy (non-hydrogen) atoms. The van der Waals surface area contributed by atoms with Crippen molar-refractivity contribution in [3.63, 3.8) is 0 Å². The van der Waals surface area contributed by atoms with Gasteiger partial charge in [0.15, 0.2) is 0 Å². The third-order valence-electron chi connectivity index (χ3n) is 2.46. The molecule has 0 heterocycles. The lowest BCUT2D eigenvalue weighted by atomic mass is 9.96. The van der Waals surface area contributed by atoms with Gasteiger partial charge in [-0.1, -0.05) is 6.92 Å². The van der Waals surface area contributed by atoms with Crippen LogP contribution in [0.15, 0.2) is 0 Å². The summed E-state index contributed by atoms with van der Waals surface area (Å²) in [5.41, 5.74) is 4.96. The summed E-state index contributed by atoms with van der Waals surface area (Å²) < 4.78 is 33.0. The van der Waals surface area contributed by atoms with E-state index in [0.717, 1.165) is 0 Å². The van der Waals surface area contributed by atoms with Crippen molar-refractivity contribution in [1.82, 2.24) is 9.44 Å². The minimum Gasteiger partial charge on any atom is -0.383 e. The zero-order valence-electron chi connectivity index (χ0n) is 10.2. The Bertz CT molecular complexity index is 282. The average Bonchev–Trinajstić information content (AvgIpc) is 2.17. The zero-order chi connectivity index (χ0) is 12.7. The normalized spacial score (nSPS) is 16.0. The molecule has 7 heteroatoms. The molecule has 0 saturated carbocycles. The molecule has 0 saturated heterocycles. The van der Waals surface area contributed by atoms with E-state index >= 15 is 0 Å². The first-order chi connectivity index (χ1) is 7.39. The highest BCUT2D eigenvalue weighted by atomic mass is 32.2. The largest absolute Gasteiger partial charge is 0.383 e. The molecule has 0 aliphatic rings. The Morgan fingerprint density at radius 1 is 1.44 bits per heavy atom. The molecular formula is C9H23N3O3S. The van der Waals surface area contributed by atoms with Gasteiger partial charge in [0.1, 0.15) is 0 Å². The summed E-state index contributed by atoms with van der Waals surface area (Å²) in [7, 11) is -1.96. The fourth-order valence-electron chi connectivity index (χ4n) is 1.26. The van der Waals surface area contributed by atoms with Crippen molar-refractivity contribution in [2.45, 2.75) is 32.2 Å². The Morgan fingerprint density at radius 2 is 2.06 bits per heavy atom. The van der Waals surface area contributed by atoms with Gasteiger partial charge in [-0.25, -0.2) is 0 Å². The highest BCUT2D eigenvalue weighted by Crippen LogP contribution is 2.14. The summed E-state index contributed by atoms with van der Waals surface area (Å²) in [5, 5.41) is 0. The molecule has 0 aliphatic carbocycles. The number of hydrogen-bond donors (Lipinski definition) is 3. The van der Waals surface area contributed by atoms with Crippen molar-refractivity contribution >= 4 is 10.2 Å².